The van der Waals surface area contributed by atoms with Gasteiger partial charge in [-0.1, -0.05) is 29.3 Å². The number of aromatic hydroxyl groups is 1. The summed E-state index contributed by atoms with van der Waals surface area (Å²) in [7, 11) is 0. The third-order valence-corrected chi connectivity index (χ3v) is 4.48. The van der Waals surface area contributed by atoms with Crippen LogP contribution < -0.4 is 0 Å². The van der Waals surface area contributed by atoms with Crippen LogP contribution in [0.1, 0.15) is 37.3 Å². The third-order valence-electron chi connectivity index (χ3n) is 4.02. The van der Waals surface area contributed by atoms with E-state index in [1.165, 1.54) is 0 Å². The zero-order valence-corrected chi connectivity index (χ0v) is 17.0. The van der Waals surface area contributed by atoms with Gasteiger partial charge in [-0.25, -0.2) is 0 Å². The molecule has 0 atom stereocenters. The molecule has 2 aromatic carbocycles. The van der Waals surface area contributed by atoms with Crippen LogP contribution in [0, 0.1) is 6.92 Å². The summed E-state index contributed by atoms with van der Waals surface area (Å²) < 4.78 is 4.90. The molecule has 0 unspecified atom stereocenters. The summed E-state index contributed by atoms with van der Waals surface area (Å²) in [5.74, 6) is -0.000906. The topological polar surface area (TPSA) is 58.9 Å². The standard InChI is InChI=1S/C21H23Cl2NO3/c1-3-27-20(25)6-4-5-9-24-13-15-7-8-16(22)11-18(15)19-12-17(23)10-14(2)21(19)26/h7-8,10-13,26H,3-6,9H2,1-2H3. The summed E-state index contributed by atoms with van der Waals surface area (Å²) in [6.07, 6.45) is 3.69. The molecule has 0 aromatic heterocycles. The van der Waals surface area contributed by atoms with Crippen LogP contribution in [0.25, 0.3) is 11.1 Å². The molecule has 0 saturated heterocycles. The van der Waals surface area contributed by atoms with Gasteiger partial charge < -0.3 is 9.84 Å². The van der Waals surface area contributed by atoms with Crippen molar-refractivity contribution in [3.05, 3.63) is 51.5 Å². The lowest BCUT2D eigenvalue weighted by atomic mass is 9.97. The van der Waals surface area contributed by atoms with Crippen molar-refractivity contribution in [3.63, 3.8) is 0 Å². The first-order valence-electron chi connectivity index (χ1n) is 8.86. The Bertz CT molecular complexity index is 834. The van der Waals surface area contributed by atoms with Gasteiger partial charge in [0.05, 0.1) is 6.61 Å². The third kappa shape index (κ3) is 6.26. The molecule has 0 aliphatic rings. The van der Waals surface area contributed by atoms with Crippen molar-refractivity contribution in [2.45, 2.75) is 33.1 Å². The number of aliphatic imine (C=N–C) groups is 1. The number of phenols is 1. The van der Waals surface area contributed by atoms with Crippen LogP contribution in [0.4, 0.5) is 0 Å². The van der Waals surface area contributed by atoms with Gasteiger partial charge in [0.2, 0.25) is 0 Å². The van der Waals surface area contributed by atoms with Gasteiger partial charge in [0.25, 0.3) is 0 Å². The highest BCUT2D eigenvalue weighted by Gasteiger charge is 2.12. The second-order valence-corrected chi connectivity index (χ2v) is 7.02. The molecule has 0 heterocycles. The van der Waals surface area contributed by atoms with E-state index < -0.39 is 0 Å². The van der Waals surface area contributed by atoms with Crippen molar-refractivity contribution >= 4 is 35.4 Å². The highest BCUT2D eigenvalue weighted by Crippen LogP contribution is 2.37. The number of hydrogen-bond acceptors (Lipinski definition) is 4. The van der Waals surface area contributed by atoms with Crippen molar-refractivity contribution in [3.8, 4) is 16.9 Å². The number of hydrogen-bond donors (Lipinski definition) is 1. The molecule has 6 heteroatoms. The first kappa shape index (κ1) is 21.3. The molecular formula is C21H23Cl2NO3. The van der Waals surface area contributed by atoms with E-state index in [9.17, 15) is 9.90 Å². The predicted molar refractivity (Wildman–Crippen MR) is 111 cm³/mol. The van der Waals surface area contributed by atoms with E-state index in [0.29, 0.717) is 40.7 Å². The number of esters is 1. The van der Waals surface area contributed by atoms with Crippen molar-refractivity contribution in [1.82, 2.24) is 0 Å². The number of halogens is 2. The molecule has 0 saturated carbocycles. The van der Waals surface area contributed by atoms with Gasteiger partial charge in [0, 0.05) is 40.4 Å². The Balaban J connectivity index is 2.12. The average Bonchev–Trinajstić information content (AvgIpc) is 2.62. The van der Waals surface area contributed by atoms with Gasteiger partial charge in [-0.2, -0.15) is 0 Å². The smallest absolute Gasteiger partial charge is 0.305 e. The van der Waals surface area contributed by atoms with Crippen LogP contribution in [0.3, 0.4) is 0 Å². The van der Waals surface area contributed by atoms with E-state index in [2.05, 4.69) is 4.99 Å². The number of unbranched alkanes of at least 4 members (excludes halogenated alkanes) is 1. The zero-order valence-electron chi connectivity index (χ0n) is 15.5. The Morgan fingerprint density at radius 1 is 1.15 bits per heavy atom. The van der Waals surface area contributed by atoms with E-state index >= 15 is 0 Å². The van der Waals surface area contributed by atoms with Gasteiger partial charge in [0.1, 0.15) is 5.75 Å². The van der Waals surface area contributed by atoms with Gasteiger partial charge in [0.15, 0.2) is 0 Å². The number of ether oxygens (including phenoxy) is 1. The van der Waals surface area contributed by atoms with E-state index in [1.54, 1.807) is 44.3 Å². The van der Waals surface area contributed by atoms with Gasteiger partial charge >= 0.3 is 5.97 Å². The Labute approximate surface area is 169 Å². The number of phenolic OH excluding ortho intramolecular Hbond substituents is 1. The molecule has 0 aliphatic carbocycles. The van der Waals surface area contributed by atoms with E-state index in [0.717, 1.165) is 24.0 Å². The SMILES string of the molecule is CCOC(=O)CCCCN=Cc1ccc(Cl)cc1-c1cc(Cl)cc(C)c1O. The number of benzene rings is 2. The van der Waals surface area contributed by atoms with Crippen molar-refractivity contribution in [2.24, 2.45) is 4.99 Å². The fraction of sp³-hybridized carbons (Fsp3) is 0.333. The largest absolute Gasteiger partial charge is 0.507 e. The fourth-order valence-corrected chi connectivity index (χ4v) is 3.13. The van der Waals surface area contributed by atoms with E-state index in [1.807, 2.05) is 6.07 Å². The highest BCUT2D eigenvalue weighted by molar-refractivity contribution is 6.31. The lowest BCUT2D eigenvalue weighted by molar-refractivity contribution is -0.143. The van der Waals surface area contributed by atoms with Crippen LogP contribution in [-0.2, 0) is 9.53 Å². The zero-order chi connectivity index (χ0) is 19.8. The molecule has 0 amide bonds. The summed E-state index contributed by atoms with van der Waals surface area (Å²) in [6.45, 7) is 4.60. The molecule has 4 nitrogen and oxygen atoms in total. The Hall–Kier alpha value is -2.04. The summed E-state index contributed by atoms with van der Waals surface area (Å²) in [5.41, 5.74) is 2.91. The second kappa shape index (κ2) is 10.3. The Kier molecular flexibility index (Phi) is 8.14. The van der Waals surface area contributed by atoms with E-state index in [-0.39, 0.29) is 11.7 Å². The molecule has 2 rings (SSSR count). The molecule has 0 spiro atoms. The molecule has 27 heavy (non-hydrogen) atoms. The Morgan fingerprint density at radius 2 is 1.89 bits per heavy atom. The van der Waals surface area contributed by atoms with Gasteiger partial charge in [-0.05, 0) is 62.1 Å². The first-order valence-corrected chi connectivity index (χ1v) is 9.62. The van der Waals surface area contributed by atoms with Crippen LogP contribution in [0.15, 0.2) is 35.3 Å². The lowest BCUT2D eigenvalue weighted by Crippen LogP contribution is -2.03. The number of aryl methyl sites for hydroxylation is 1. The van der Waals surface area contributed by atoms with Crippen LogP contribution >= 0.6 is 23.2 Å². The molecule has 0 bridgehead atoms. The first-order chi connectivity index (χ1) is 12.9. The second-order valence-electron chi connectivity index (χ2n) is 6.15. The minimum atomic E-state index is -0.173. The minimum Gasteiger partial charge on any atom is -0.507 e. The summed E-state index contributed by atoms with van der Waals surface area (Å²) >= 11 is 12.3. The normalized spacial score (nSPS) is 11.1. The molecular weight excluding hydrogens is 385 g/mol. The van der Waals surface area contributed by atoms with Gasteiger partial charge in [-0.15, -0.1) is 0 Å². The molecule has 0 fully saturated rings. The van der Waals surface area contributed by atoms with Crippen molar-refractivity contribution < 1.29 is 14.6 Å². The van der Waals surface area contributed by atoms with Crippen LogP contribution in [0.5, 0.6) is 5.75 Å². The number of carbonyl (C=O) groups is 1. The average molecular weight is 408 g/mol. The maximum absolute atomic E-state index is 11.3. The number of carbonyl (C=O) groups excluding carboxylic acids is 1. The molecule has 1 N–H and O–H groups in total. The molecule has 144 valence electrons. The quantitative estimate of drug-likeness (QED) is 0.340. The maximum atomic E-state index is 11.3. The fourth-order valence-electron chi connectivity index (χ4n) is 2.68. The highest BCUT2D eigenvalue weighted by atomic mass is 35.5. The Morgan fingerprint density at radius 3 is 2.63 bits per heavy atom. The summed E-state index contributed by atoms with van der Waals surface area (Å²) in [5, 5.41) is 11.5. The number of rotatable bonds is 8. The molecule has 0 radical (unpaired) electrons. The van der Waals surface area contributed by atoms with Gasteiger partial charge in [-0.3, -0.25) is 9.79 Å². The monoisotopic (exact) mass is 407 g/mol. The van der Waals surface area contributed by atoms with Crippen molar-refractivity contribution in [1.29, 1.82) is 0 Å². The predicted octanol–water partition coefficient (Wildman–Crippen LogP) is 5.83. The maximum Gasteiger partial charge on any atom is 0.305 e. The summed E-state index contributed by atoms with van der Waals surface area (Å²) in [4.78, 5) is 15.7. The minimum absolute atomic E-state index is 0.172. The van der Waals surface area contributed by atoms with Crippen molar-refractivity contribution in [2.75, 3.05) is 13.2 Å². The molecule has 2 aromatic rings. The lowest BCUT2D eigenvalue weighted by Gasteiger charge is -2.12. The van der Waals surface area contributed by atoms with E-state index in [4.69, 9.17) is 27.9 Å². The number of nitrogens with zero attached hydrogens (tertiary/aromatic N) is 1. The van der Waals surface area contributed by atoms with Crippen LogP contribution in [-0.4, -0.2) is 30.4 Å². The summed E-state index contributed by atoms with van der Waals surface area (Å²) in [6, 6.07) is 8.85. The van der Waals surface area contributed by atoms with Crippen LogP contribution in [0.2, 0.25) is 10.0 Å². The molecule has 0 aliphatic heterocycles.